The van der Waals surface area contributed by atoms with E-state index in [0.29, 0.717) is 5.84 Å². The molecule has 9 aromatic rings. The van der Waals surface area contributed by atoms with Crippen LogP contribution in [0.1, 0.15) is 33.4 Å². The van der Waals surface area contributed by atoms with Gasteiger partial charge >= 0.3 is 0 Å². The summed E-state index contributed by atoms with van der Waals surface area (Å²) in [6.45, 7) is 3.85. The molecule has 0 heterocycles. The molecule has 11 rings (SSSR count). The topological polar surface area (TPSA) is 48.6 Å². The fraction of sp³-hybridized carbons (Fsp3) is 0.0192. The zero-order chi connectivity index (χ0) is 36.7. The van der Waals surface area contributed by atoms with Crippen LogP contribution in [0.15, 0.2) is 192 Å². The van der Waals surface area contributed by atoms with Gasteiger partial charge in [0.15, 0.2) is 11.7 Å². The SMILES string of the molecule is C=NC(=NC(=N)c1ccccc1)c1ccc2c(c1)c1ccccc1c1cccc(-c3ccc4c(c3)-c3ccccc3C43c4ccccc4-c4ccccc43)c12. The third kappa shape index (κ3) is 4.35. The van der Waals surface area contributed by atoms with Crippen LogP contribution in [0.2, 0.25) is 0 Å². The van der Waals surface area contributed by atoms with Crippen molar-refractivity contribution in [3.63, 3.8) is 0 Å². The fourth-order valence-electron chi connectivity index (χ4n) is 9.61. The molecule has 2 aliphatic rings. The highest BCUT2D eigenvalue weighted by molar-refractivity contribution is 6.29. The van der Waals surface area contributed by atoms with Crippen LogP contribution in [0.4, 0.5) is 0 Å². The Bertz CT molecular complexity index is 3090. The zero-order valence-electron chi connectivity index (χ0n) is 29.9. The molecular weight excluding hydrogens is 667 g/mol. The lowest BCUT2D eigenvalue weighted by Crippen LogP contribution is -2.25. The van der Waals surface area contributed by atoms with Crippen molar-refractivity contribution in [1.29, 1.82) is 5.41 Å². The number of amidine groups is 2. The smallest absolute Gasteiger partial charge is 0.161 e. The molecule has 0 unspecified atom stereocenters. The van der Waals surface area contributed by atoms with Gasteiger partial charge in [-0.2, -0.15) is 0 Å². The summed E-state index contributed by atoms with van der Waals surface area (Å²) in [7, 11) is 0. The zero-order valence-corrected chi connectivity index (χ0v) is 29.9. The van der Waals surface area contributed by atoms with E-state index in [2.05, 4.69) is 168 Å². The van der Waals surface area contributed by atoms with Crippen LogP contribution < -0.4 is 0 Å². The van der Waals surface area contributed by atoms with Gasteiger partial charge in [-0.3, -0.25) is 5.41 Å². The van der Waals surface area contributed by atoms with Crippen molar-refractivity contribution in [2.45, 2.75) is 5.41 Å². The van der Waals surface area contributed by atoms with Gasteiger partial charge in [0.1, 0.15) is 0 Å². The quantitative estimate of drug-likeness (QED) is 0.108. The molecule has 1 N–H and O–H groups in total. The van der Waals surface area contributed by atoms with Gasteiger partial charge in [0, 0.05) is 11.1 Å². The van der Waals surface area contributed by atoms with Crippen molar-refractivity contribution < 1.29 is 0 Å². The number of fused-ring (bicyclic) bond motifs is 16. The van der Waals surface area contributed by atoms with E-state index in [1.807, 2.05) is 30.3 Å². The molecule has 9 aromatic carbocycles. The molecule has 0 aromatic heterocycles. The summed E-state index contributed by atoms with van der Waals surface area (Å²) in [6.07, 6.45) is 0. The summed E-state index contributed by atoms with van der Waals surface area (Å²) < 4.78 is 0. The minimum absolute atomic E-state index is 0.151. The van der Waals surface area contributed by atoms with E-state index in [9.17, 15) is 0 Å². The number of hydrogen-bond acceptors (Lipinski definition) is 1. The van der Waals surface area contributed by atoms with Crippen LogP contribution in [0.25, 0.3) is 65.7 Å². The molecule has 3 heteroatoms. The van der Waals surface area contributed by atoms with Crippen LogP contribution in [0.5, 0.6) is 0 Å². The summed E-state index contributed by atoms with van der Waals surface area (Å²) in [5, 5.41) is 15.7. The molecule has 0 radical (unpaired) electrons. The number of nitrogens with zero attached hydrogens (tertiary/aromatic N) is 2. The Kier molecular flexibility index (Phi) is 6.77. The van der Waals surface area contributed by atoms with Gasteiger partial charge in [-0.1, -0.05) is 170 Å². The highest BCUT2D eigenvalue weighted by Crippen LogP contribution is 2.63. The van der Waals surface area contributed by atoms with E-state index < -0.39 is 0 Å². The van der Waals surface area contributed by atoms with Gasteiger partial charge < -0.3 is 0 Å². The first kappa shape index (κ1) is 31.3. The van der Waals surface area contributed by atoms with Gasteiger partial charge in [0.2, 0.25) is 0 Å². The first-order chi connectivity index (χ1) is 27.2. The van der Waals surface area contributed by atoms with Crippen LogP contribution in [0.3, 0.4) is 0 Å². The van der Waals surface area contributed by atoms with E-state index in [1.54, 1.807) is 0 Å². The van der Waals surface area contributed by atoms with E-state index in [4.69, 9.17) is 5.41 Å². The van der Waals surface area contributed by atoms with Crippen molar-refractivity contribution in [3.05, 3.63) is 215 Å². The second-order valence-corrected chi connectivity index (χ2v) is 14.5. The van der Waals surface area contributed by atoms with Crippen molar-refractivity contribution in [3.8, 4) is 33.4 Å². The van der Waals surface area contributed by atoms with Gasteiger partial charge in [-0.05, 0) is 107 Å². The molecule has 0 saturated heterocycles. The van der Waals surface area contributed by atoms with Crippen LogP contribution in [-0.4, -0.2) is 18.4 Å². The van der Waals surface area contributed by atoms with Gasteiger partial charge in [0.05, 0.1) is 5.41 Å². The Hall–Kier alpha value is -7.23. The first-order valence-corrected chi connectivity index (χ1v) is 18.7. The van der Waals surface area contributed by atoms with Crippen LogP contribution >= 0.6 is 0 Å². The van der Waals surface area contributed by atoms with E-state index in [-0.39, 0.29) is 11.3 Å². The molecule has 0 bridgehead atoms. The van der Waals surface area contributed by atoms with Crippen LogP contribution in [-0.2, 0) is 5.41 Å². The molecule has 3 nitrogen and oxygen atoms in total. The Morgan fingerprint density at radius 2 is 0.945 bits per heavy atom. The number of aliphatic imine (C=N–C) groups is 2. The monoisotopic (exact) mass is 699 g/mol. The Balaban J connectivity index is 1.14. The van der Waals surface area contributed by atoms with Crippen molar-refractivity contribution in [1.82, 2.24) is 0 Å². The highest BCUT2D eigenvalue weighted by Gasteiger charge is 2.51. The third-order valence-electron chi connectivity index (χ3n) is 11.8. The summed E-state index contributed by atoms with van der Waals surface area (Å²) in [5.41, 5.74) is 14.1. The summed E-state index contributed by atoms with van der Waals surface area (Å²) in [4.78, 5) is 8.94. The average Bonchev–Trinajstić information content (AvgIpc) is 3.72. The van der Waals surface area contributed by atoms with E-state index in [0.717, 1.165) is 27.3 Å². The second kappa shape index (κ2) is 11.9. The Morgan fingerprint density at radius 3 is 1.62 bits per heavy atom. The van der Waals surface area contributed by atoms with Gasteiger partial charge in [0.25, 0.3) is 0 Å². The highest BCUT2D eigenvalue weighted by atomic mass is 14.9. The minimum atomic E-state index is -0.370. The van der Waals surface area contributed by atoms with Crippen molar-refractivity contribution >= 4 is 50.7 Å². The predicted molar refractivity (Wildman–Crippen MR) is 230 cm³/mol. The van der Waals surface area contributed by atoms with Crippen molar-refractivity contribution in [2.24, 2.45) is 9.98 Å². The predicted octanol–water partition coefficient (Wildman–Crippen LogP) is 12.6. The lowest BCUT2D eigenvalue weighted by molar-refractivity contribution is 0.794. The van der Waals surface area contributed by atoms with Gasteiger partial charge in [-0.25, -0.2) is 9.98 Å². The maximum absolute atomic E-state index is 8.69. The molecule has 0 aliphatic heterocycles. The number of rotatable bonds is 3. The lowest BCUT2D eigenvalue weighted by atomic mass is 9.70. The molecule has 0 amide bonds. The Morgan fingerprint density at radius 1 is 0.418 bits per heavy atom. The summed E-state index contributed by atoms with van der Waals surface area (Å²) in [5.74, 6) is 0.577. The minimum Gasteiger partial charge on any atom is -0.282 e. The summed E-state index contributed by atoms with van der Waals surface area (Å²) in [6, 6.07) is 65.4. The average molecular weight is 700 g/mol. The van der Waals surface area contributed by atoms with E-state index >= 15 is 0 Å². The molecule has 55 heavy (non-hydrogen) atoms. The molecule has 0 atom stereocenters. The maximum Gasteiger partial charge on any atom is 0.161 e. The first-order valence-electron chi connectivity index (χ1n) is 18.7. The number of hydrogen-bond donors (Lipinski definition) is 1. The number of nitrogens with one attached hydrogen (secondary N) is 1. The largest absolute Gasteiger partial charge is 0.282 e. The number of benzene rings is 9. The van der Waals surface area contributed by atoms with E-state index in [1.165, 1.54) is 71.8 Å². The maximum atomic E-state index is 8.69. The molecule has 0 fully saturated rings. The molecule has 0 saturated carbocycles. The fourth-order valence-corrected chi connectivity index (χ4v) is 9.61. The molecule has 2 aliphatic carbocycles. The van der Waals surface area contributed by atoms with Crippen molar-refractivity contribution in [2.75, 3.05) is 0 Å². The lowest BCUT2D eigenvalue weighted by Gasteiger charge is -2.30. The van der Waals surface area contributed by atoms with Crippen LogP contribution in [0, 0.1) is 5.41 Å². The second-order valence-electron chi connectivity index (χ2n) is 14.5. The molecule has 256 valence electrons. The third-order valence-corrected chi connectivity index (χ3v) is 11.8. The molecular formula is C52H33N3. The standard InChI is InChI=1S/C52H33N3/c1-54-51(55-50(53)32-14-3-2-4-15-32)34-26-28-42-43(31-34)37-17-6-5-16-36(37)41-22-13-21-35(49(41)42)33-27-29-48-44(30-33)40-20-9-12-25-47(40)52(48)45-23-10-7-18-38(45)39-19-8-11-24-46(39)52/h2-31,53H,1H2. The normalized spacial score (nSPS) is 13.5. The summed E-state index contributed by atoms with van der Waals surface area (Å²) >= 11 is 0. The molecule has 1 spiro atoms. The van der Waals surface area contributed by atoms with Gasteiger partial charge in [-0.15, -0.1) is 0 Å². The Labute approximate surface area is 319 Å².